The number of hydrogen-bond donors (Lipinski definition) is 1. The van der Waals surface area contributed by atoms with E-state index in [1.807, 2.05) is 29.0 Å². The number of aliphatic hydroxyl groups excluding tert-OH is 1. The van der Waals surface area contributed by atoms with Gasteiger partial charge < -0.3 is 14.4 Å². The van der Waals surface area contributed by atoms with Gasteiger partial charge in [0.15, 0.2) is 0 Å². The van der Waals surface area contributed by atoms with Crippen molar-refractivity contribution in [1.82, 2.24) is 24.4 Å². The highest BCUT2D eigenvalue weighted by molar-refractivity contribution is 5.33. The highest BCUT2D eigenvalue weighted by atomic mass is 16.5. The zero-order valence-electron chi connectivity index (χ0n) is 15.8. The van der Waals surface area contributed by atoms with Crippen molar-refractivity contribution in [2.45, 2.75) is 25.6 Å². The highest BCUT2D eigenvalue weighted by Crippen LogP contribution is 2.26. The van der Waals surface area contributed by atoms with Crippen molar-refractivity contribution in [3.63, 3.8) is 0 Å². The zero-order valence-corrected chi connectivity index (χ0v) is 15.8. The van der Waals surface area contributed by atoms with Crippen LogP contribution in [0.3, 0.4) is 0 Å². The normalized spacial score (nSPS) is 19.8. The molecule has 4 rings (SSSR count). The average Bonchev–Trinajstić information content (AvgIpc) is 3.34. The summed E-state index contributed by atoms with van der Waals surface area (Å²) in [6, 6.07) is 8.12. The number of ether oxygens (including phenoxy) is 1. The number of nitrogens with zero attached hydrogens (tertiary/aromatic N) is 5. The predicted molar refractivity (Wildman–Crippen MR) is 105 cm³/mol. The monoisotopic (exact) mass is 379 g/mol. The second-order valence-corrected chi connectivity index (χ2v) is 7.18. The van der Waals surface area contributed by atoms with Gasteiger partial charge in [0.1, 0.15) is 12.4 Å². The molecule has 146 valence electrons. The molecule has 0 radical (unpaired) electrons. The lowest BCUT2D eigenvalue weighted by Gasteiger charge is -2.18. The average molecular weight is 379 g/mol. The van der Waals surface area contributed by atoms with Gasteiger partial charge in [-0.15, -0.1) is 0 Å². The van der Waals surface area contributed by atoms with E-state index in [0.29, 0.717) is 13.2 Å². The number of para-hydroxylation sites is 1. The summed E-state index contributed by atoms with van der Waals surface area (Å²) in [5, 5.41) is 10.5. The molecule has 0 aliphatic carbocycles. The number of rotatable bonds is 8. The number of imidazole rings is 1. The fourth-order valence-electron chi connectivity index (χ4n) is 3.67. The van der Waals surface area contributed by atoms with Crippen LogP contribution in [0.25, 0.3) is 0 Å². The van der Waals surface area contributed by atoms with Gasteiger partial charge in [-0.3, -0.25) is 14.9 Å². The molecule has 0 spiro atoms. The minimum atomic E-state index is -0.351. The molecule has 28 heavy (non-hydrogen) atoms. The molecule has 3 heterocycles. The van der Waals surface area contributed by atoms with Crippen LogP contribution < -0.4 is 4.74 Å². The van der Waals surface area contributed by atoms with Gasteiger partial charge >= 0.3 is 0 Å². The van der Waals surface area contributed by atoms with Crippen molar-refractivity contribution in [1.29, 1.82) is 0 Å². The third-order valence-corrected chi connectivity index (χ3v) is 5.10. The van der Waals surface area contributed by atoms with E-state index < -0.39 is 0 Å². The lowest BCUT2D eigenvalue weighted by molar-refractivity contribution is 0.140. The van der Waals surface area contributed by atoms with Crippen molar-refractivity contribution in [3.8, 4) is 5.75 Å². The molecule has 1 aliphatic heterocycles. The Morgan fingerprint density at radius 3 is 2.86 bits per heavy atom. The summed E-state index contributed by atoms with van der Waals surface area (Å²) in [6.45, 7) is 3.60. The van der Waals surface area contributed by atoms with E-state index in [1.165, 1.54) is 0 Å². The number of likely N-dealkylation sites (tertiary alicyclic amines) is 1. The maximum absolute atomic E-state index is 10.5. The van der Waals surface area contributed by atoms with Crippen molar-refractivity contribution in [2.75, 3.05) is 19.7 Å². The van der Waals surface area contributed by atoms with E-state index in [9.17, 15) is 5.11 Å². The van der Waals surface area contributed by atoms with E-state index in [4.69, 9.17) is 4.74 Å². The van der Waals surface area contributed by atoms with Crippen molar-refractivity contribution in [3.05, 3.63) is 72.8 Å². The Kier molecular flexibility index (Phi) is 5.94. The molecular weight excluding hydrogens is 354 g/mol. The predicted octanol–water partition coefficient (Wildman–Crippen LogP) is 1.79. The van der Waals surface area contributed by atoms with Crippen LogP contribution in [-0.2, 0) is 19.5 Å². The summed E-state index contributed by atoms with van der Waals surface area (Å²) >= 11 is 0. The summed E-state index contributed by atoms with van der Waals surface area (Å²) in [4.78, 5) is 14.8. The van der Waals surface area contributed by atoms with Crippen LogP contribution in [0.15, 0.2) is 61.6 Å². The molecule has 2 unspecified atom stereocenters. The Balaban J connectivity index is 1.34. The number of aliphatic hydroxyl groups is 1. The van der Waals surface area contributed by atoms with E-state index in [2.05, 4.69) is 25.9 Å². The Morgan fingerprint density at radius 2 is 2.04 bits per heavy atom. The number of β-amino-alcohol motifs (C(OH)–C–C–N with tert-alkyl or cyclic N) is 1. The third-order valence-electron chi connectivity index (χ3n) is 5.10. The van der Waals surface area contributed by atoms with E-state index in [1.54, 1.807) is 31.1 Å². The van der Waals surface area contributed by atoms with Gasteiger partial charge in [-0.05, 0) is 12.5 Å². The van der Waals surface area contributed by atoms with Crippen molar-refractivity contribution >= 4 is 0 Å². The molecular formula is C21H25N5O2. The molecule has 1 saturated heterocycles. The second-order valence-electron chi connectivity index (χ2n) is 7.18. The fraction of sp³-hybridized carbons (Fsp3) is 0.381. The fourth-order valence-corrected chi connectivity index (χ4v) is 3.67. The first-order chi connectivity index (χ1) is 13.8. The standard InChI is InChI=1S/C21H25N5O2/c27-20-15-26(14-18(20)11-19-12-22-5-6-24-19)13-17-3-1-2-4-21(17)28-10-9-25-8-7-23-16-25/h1-8,12,16,18,20,27H,9-11,13-15H2. The van der Waals surface area contributed by atoms with Gasteiger partial charge in [0.2, 0.25) is 0 Å². The van der Waals surface area contributed by atoms with Crippen LogP contribution in [0.2, 0.25) is 0 Å². The van der Waals surface area contributed by atoms with Gasteiger partial charge in [0, 0.05) is 62.1 Å². The van der Waals surface area contributed by atoms with Crippen LogP contribution in [0, 0.1) is 5.92 Å². The topological polar surface area (TPSA) is 76.3 Å². The molecule has 2 atom stereocenters. The minimum Gasteiger partial charge on any atom is -0.491 e. The van der Waals surface area contributed by atoms with Crippen LogP contribution in [-0.4, -0.2) is 55.3 Å². The molecule has 0 bridgehead atoms. The Labute approximate surface area is 164 Å². The summed E-state index contributed by atoms with van der Waals surface area (Å²) in [5.74, 6) is 1.07. The molecule has 7 heteroatoms. The molecule has 7 nitrogen and oxygen atoms in total. The first kappa shape index (κ1) is 18.6. The van der Waals surface area contributed by atoms with E-state index >= 15 is 0 Å². The lowest BCUT2D eigenvalue weighted by atomic mass is 10.0. The van der Waals surface area contributed by atoms with Crippen LogP contribution in [0.1, 0.15) is 11.3 Å². The number of hydrogen-bond acceptors (Lipinski definition) is 6. The Hall–Kier alpha value is -2.77. The van der Waals surface area contributed by atoms with Crippen LogP contribution >= 0.6 is 0 Å². The summed E-state index contributed by atoms with van der Waals surface area (Å²) < 4.78 is 8.01. The lowest BCUT2D eigenvalue weighted by Crippen LogP contribution is -2.22. The Bertz CT molecular complexity index is 856. The quantitative estimate of drug-likeness (QED) is 0.643. The summed E-state index contributed by atoms with van der Waals surface area (Å²) in [7, 11) is 0. The second kappa shape index (κ2) is 8.95. The van der Waals surface area contributed by atoms with E-state index in [0.717, 1.165) is 43.1 Å². The molecule has 2 aromatic heterocycles. The van der Waals surface area contributed by atoms with Crippen molar-refractivity contribution in [2.24, 2.45) is 5.92 Å². The first-order valence-corrected chi connectivity index (χ1v) is 9.59. The van der Waals surface area contributed by atoms with Crippen LogP contribution in [0.5, 0.6) is 5.75 Å². The minimum absolute atomic E-state index is 0.172. The summed E-state index contributed by atoms with van der Waals surface area (Å²) in [5.41, 5.74) is 2.07. The zero-order chi connectivity index (χ0) is 19.2. The number of benzene rings is 1. The van der Waals surface area contributed by atoms with Crippen molar-refractivity contribution < 1.29 is 9.84 Å². The molecule has 1 aromatic carbocycles. The summed E-state index contributed by atoms with van der Waals surface area (Å²) in [6.07, 6.45) is 11.0. The Morgan fingerprint density at radius 1 is 1.11 bits per heavy atom. The molecule has 0 amide bonds. The molecule has 1 N–H and O–H groups in total. The highest BCUT2D eigenvalue weighted by Gasteiger charge is 2.31. The van der Waals surface area contributed by atoms with Gasteiger partial charge in [-0.1, -0.05) is 18.2 Å². The van der Waals surface area contributed by atoms with Gasteiger partial charge in [0.25, 0.3) is 0 Å². The van der Waals surface area contributed by atoms with Gasteiger partial charge in [-0.25, -0.2) is 4.98 Å². The molecule has 3 aromatic rings. The maximum Gasteiger partial charge on any atom is 0.123 e. The molecule has 1 fully saturated rings. The maximum atomic E-state index is 10.5. The smallest absolute Gasteiger partial charge is 0.123 e. The number of aromatic nitrogens is 4. The third kappa shape index (κ3) is 4.74. The van der Waals surface area contributed by atoms with E-state index in [-0.39, 0.29) is 12.0 Å². The van der Waals surface area contributed by atoms with Gasteiger partial charge in [0.05, 0.1) is 24.7 Å². The molecule has 1 aliphatic rings. The van der Waals surface area contributed by atoms with Crippen LogP contribution in [0.4, 0.5) is 0 Å². The molecule has 0 saturated carbocycles. The van der Waals surface area contributed by atoms with Gasteiger partial charge in [-0.2, -0.15) is 0 Å². The SMILES string of the molecule is OC1CN(Cc2ccccc2OCCn2ccnc2)CC1Cc1cnccn1. The largest absolute Gasteiger partial charge is 0.491 e. The first-order valence-electron chi connectivity index (χ1n) is 9.59.